The van der Waals surface area contributed by atoms with E-state index in [2.05, 4.69) is 10.3 Å². The second-order valence-electron chi connectivity index (χ2n) is 12.9. The first-order chi connectivity index (χ1) is 23.8. The number of amides is 3. The fraction of sp³-hybridized carbons (Fsp3) is 0.361. The fourth-order valence-electron chi connectivity index (χ4n) is 7.41. The Bertz CT molecular complexity index is 1900. The van der Waals surface area contributed by atoms with Crippen LogP contribution in [0.1, 0.15) is 48.3 Å². The van der Waals surface area contributed by atoms with E-state index in [4.69, 9.17) is 14.2 Å². The lowest BCUT2D eigenvalue weighted by Gasteiger charge is -2.28. The molecule has 8 rings (SSSR count). The number of aryl methyl sites for hydroxylation is 1. The number of carbonyl (C=O) groups is 3. The predicted octanol–water partition coefficient (Wildman–Crippen LogP) is 4.53. The molecule has 4 atom stereocenters. The predicted molar refractivity (Wildman–Crippen MR) is 177 cm³/mol. The van der Waals surface area contributed by atoms with E-state index < -0.39 is 17.8 Å². The quantitative estimate of drug-likeness (QED) is 0.273. The molecule has 49 heavy (non-hydrogen) atoms. The highest BCUT2D eigenvalue weighted by Crippen LogP contribution is 2.54. The smallest absolute Gasteiger partial charge is 0.414 e. The second kappa shape index (κ2) is 12.3. The summed E-state index contributed by atoms with van der Waals surface area (Å²) in [5.41, 5.74) is 3.71. The van der Waals surface area contributed by atoms with Crippen molar-refractivity contribution < 1.29 is 33.7 Å². The number of fused-ring (bicyclic) bond motifs is 2. The lowest BCUT2D eigenvalue weighted by molar-refractivity contribution is -0.146. The third-order valence-corrected chi connectivity index (χ3v) is 9.95. The van der Waals surface area contributed by atoms with Crippen molar-refractivity contribution in [3.63, 3.8) is 0 Å². The average Bonchev–Trinajstić information content (AvgIpc) is 3.96. The number of ether oxygens (including phenoxy) is 3. The van der Waals surface area contributed by atoms with Gasteiger partial charge in [-0.15, -0.1) is 5.10 Å². The van der Waals surface area contributed by atoms with Gasteiger partial charge in [0.25, 0.3) is 5.91 Å². The zero-order valence-corrected chi connectivity index (χ0v) is 27.0. The molecule has 3 amide bonds. The van der Waals surface area contributed by atoms with Crippen molar-refractivity contribution in [1.82, 2.24) is 15.0 Å². The first-order valence-electron chi connectivity index (χ1n) is 16.6. The maximum Gasteiger partial charge on any atom is 0.414 e. The standard InChI is InChI=1S/C36H36N6O7/c1-23-19-28(13-14-39-22-30(37-38-39)32(43)25-5-3-2-4-6-25)49-36(23)29-20-27(41-16-18-48-35(41)46)11-12-31(29)42(33(36)44)21-24-7-9-26(10-8-24)40-15-17-47-34(40)45/h2-12,20,22-23,28,32,43H,13-19,21H2,1H3/t23-,28+,32-,36+/m1/s1. The number of nitrogens with zero attached hydrogens (tertiary/aromatic N) is 6. The summed E-state index contributed by atoms with van der Waals surface area (Å²) in [5, 5.41) is 19.2. The van der Waals surface area contributed by atoms with Crippen LogP contribution in [0.2, 0.25) is 0 Å². The van der Waals surface area contributed by atoms with Gasteiger partial charge in [-0.1, -0.05) is 54.6 Å². The Morgan fingerprint density at radius 2 is 1.61 bits per heavy atom. The highest BCUT2D eigenvalue weighted by molar-refractivity contribution is 6.08. The molecular formula is C36H36N6O7. The van der Waals surface area contributed by atoms with Gasteiger partial charge in [0.15, 0.2) is 5.60 Å². The maximum atomic E-state index is 14.6. The molecule has 1 N–H and O–H groups in total. The normalized spacial score (nSPS) is 23.8. The Morgan fingerprint density at radius 1 is 0.918 bits per heavy atom. The van der Waals surface area contributed by atoms with Crippen LogP contribution >= 0.6 is 0 Å². The van der Waals surface area contributed by atoms with Gasteiger partial charge < -0.3 is 24.2 Å². The Hall–Kier alpha value is -5.27. The number of benzene rings is 3. The minimum Gasteiger partial charge on any atom is -0.447 e. The zero-order chi connectivity index (χ0) is 33.7. The Balaban J connectivity index is 1.04. The molecule has 5 heterocycles. The molecule has 252 valence electrons. The van der Waals surface area contributed by atoms with Crippen LogP contribution in [0.5, 0.6) is 0 Å². The molecule has 3 aromatic carbocycles. The van der Waals surface area contributed by atoms with E-state index in [0.29, 0.717) is 63.6 Å². The van der Waals surface area contributed by atoms with Crippen LogP contribution in [0, 0.1) is 5.92 Å². The molecular weight excluding hydrogens is 628 g/mol. The number of hydrogen-bond acceptors (Lipinski definition) is 9. The number of anilines is 3. The summed E-state index contributed by atoms with van der Waals surface area (Å²) in [6.45, 7) is 4.41. The molecule has 0 bridgehead atoms. The summed E-state index contributed by atoms with van der Waals surface area (Å²) < 4.78 is 18.8. The van der Waals surface area contributed by atoms with E-state index in [9.17, 15) is 19.5 Å². The monoisotopic (exact) mass is 664 g/mol. The minimum absolute atomic E-state index is 0.153. The molecule has 1 spiro atoms. The summed E-state index contributed by atoms with van der Waals surface area (Å²) in [5.74, 6) is -0.316. The summed E-state index contributed by atoms with van der Waals surface area (Å²) in [7, 11) is 0. The lowest BCUT2D eigenvalue weighted by atomic mass is 9.82. The van der Waals surface area contributed by atoms with Crippen molar-refractivity contribution in [3.8, 4) is 0 Å². The van der Waals surface area contributed by atoms with Gasteiger partial charge in [-0.2, -0.15) is 0 Å². The van der Waals surface area contributed by atoms with Crippen LogP contribution in [0.15, 0.2) is 79.0 Å². The number of aliphatic hydroxyl groups excluding tert-OH is 1. The summed E-state index contributed by atoms with van der Waals surface area (Å²) in [4.78, 5) is 44.1. The molecule has 13 nitrogen and oxygen atoms in total. The Kier molecular flexibility index (Phi) is 7.80. The summed E-state index contributed by atoms with van der Waals surface area (Å²) in [6, 6.07) is 22.5. The van der Waals surface area contributed by atoms with Gasteiger partial charge in [-0.3, -0.25) is 19.3 Å². The summed E-state index contributed by atoms with van der Waals surface area (Å²) >= 11 is 0. The van der Waals surface area contributed by atoms with Crippen molar-refractivity contribution in [1.29, 1.82) is 0 Å². The van der Waals surface area contributed by atoms with Crippen LogP contribution < -0.4 is 14.7 Å². The highest BCUT2D eigenvalue weighted by atomic mass is 16.6. The summed E-state index contributed by atoms with van der Waals surface area (Å²) in [6.07, 6.45) is 1.05. The van der Waals surface area contributed by atoms with Crippen LogP contribution in [0.4, 0.5) is 26.7 Å². The van der Waals surface area contributed by atoms with Crippen molar-refractivity contribution in [3.05, 3.63) is 101 Å². The van der Waals surface area contributed by atoms with E-state index in [1.54, 1.807) is 25.6 Å². The van der Waals surface area contributed by atoms with Crippen molar-refractivity contribution in [2.45, 2.75) is 50.7 Å². The lowest BCUT2D eigenvalue weighted by Crippen LogP contribution is -2.43. The molecule has 4 aliphatic heterocycles. The van der Waals surface area contributed by atoms with Gasteiger partial charge in [-0.05, 0) is 54.3 Å². The number of aliphatic hydroxyl groups is 1. The Morgan fingerprint density at radius 3 is 2.31 bits per heavy atom. The number of aromatic nitrogens is 3. The van der Waals surface area contributed by atoms with Crippen LogP contribution in [-0.4, -0.2) is 70.6 Å². The van der Waals surface area contributed by atoms with Crippen molar-refractivity contribution >= 4 is 35.2 Å². The van der Waals surface area contributed by atoms with Crippen LogP contribution in [0.25, 0.3) is 0 Å². The maximum absolute atomic E-state index is 14.6. The second-order valence-corrected chi connectivity index (χ2v) is 12.9. The van der Waals surface area contributed by atoms with E-state index in [1.807, 2.05) is 79.7 Å². The van der Waals surface area contributed by atoms with Crippen molar-refractivity contribution in [2.24, 2.45) is 5.92 Å². The van der Waals surface area contributed by atoms with Gasteiger partial charge in [0.05, 0.1) is 37.6 Å². The SMILES string of the molecule is C[C@@H]1C[C@H](CCn2cc([C@H](O)c3ccccc3)nn2)O[C@@]12C(=O)N(Cc1ccc(N3CCOC3=O)cc1)c1ccc(N3CCOC3=O)cc12. The molecule has 3 saturated heterocycles. The Labute approximate surface area is 282 Å². The van der Waals surface area contributed by atoms with E-state index in [1.165, 1.54) is 0 Å². The van der Waals surface area contributed by atoms with Crippen LogP contribution in [-0.2, 0) is 37.7 Å². The number of cyclic esters (lactones) is 2. The minimum atomic E-state index is -1.24. The molecule has 0 unspecified atom stereocenters. The molecule has 4 aliphatic rings. The topological polar surface area (TPSA) is 140 Å². The highest BCUT2D eigenvalue weighted by Gasteiger charge is 2.60. The van der Waals surface area contributed by atoms with Gasteiger partial charge in [0.1, 0.15) is 25.0 Å². The first kappa shape index (κ1) is 31.0. The van der Waals surface area contributed by atoms with Gasteiger partial charge >= 0.3 is 12.2 Å². The molecule has 0 radical (unpaired) electrons. The largest absolute Gasteiger partial charge is 0.447 e. The third kappa shape index (κ3) is 5.39. The molecule has 1 aromatic heterocycles. The number of hydrogen-bond donors (Lipinski definition) is 1. The van der Waals surface area contributed by atoms with E-state index in [-0.39, 0.29) is 24.0 Å². The number of carbonyl (C=O) groups excluding carboxylic acids is 3. The van der Waals surface area contributed by atoms with E-state index >= 15 is 0 Å². The fourth-order valence-corrected chi connectivity index (χ4v) is 7.41. The van der Waals surface area contributed by atoms with Gasteiger partial charge in [0, 0.05) is 29.4 Å². The first-order valence-corrected chi connectivity index (χ1v) is 16.6. The molecule has 3 fully saturated rings. The van der Waals surface area contributed by atoms with Gasteiger partial charge in [-0.25, -0.2) is 9.59 Å². The molecule has 0 aliphatic carbocycles. The van der Waals surface area contributed by atoms with E-state index in [0.717, 1.165) is 28.1 Å². The molecule has 4 aromatic rings. The third-order valence-electron chi connectivity index (χ3n) is 9.95. The van der Waals surface area contributed by atoms with Crippen molar-refractivity contribution in [2.75, 3.05) is 41.0 Å². The molecule has 13 heteroatoms. The average molecular weight is 665 g/mol. The number of rotatable bonds is 9. The zero-order valence-electron chi connectivity index (χ0n) is 27.0. The molecule has 0 saturated carbocycles. The van der Waals surface area contributed by atoms with Gasteiger partial charge in [0.2, 0.25) is 0 Å². The van der Waals surface area contributed by atoms with Crippen LogP contribution in [0.3, 0.4) is 0 Å².